The number of nitrogens with zero attached hydrogens (tertiary/aromatic N) is 1. The zero-order valence-corrected chi connectivity index (χ0v) is 16.2. The number of hydrogen-bond acceptors (Lipinski definition) is 4. The van der Waals surface area contributed by atoms with Crippen LogP contribution in [0.2, 0.25) is 0 Å². The van der Waals surface area contributed by atoms with Gasteiger partial charge in [-0.25, -0.2) is 12.8 Å². The van der Waals surface area contributed by atoms with Crippen LogP contribution in [-0.2, 0) is 32.4 Å². The lowest BCUT2D eigenvalue weighted by molar-refractivity contribution is -0.145. The molecule has 2 heterocycles. The smallest absolute Gasteiger partial charge is 0.252 e. The van der Waals surface area contributed by atoms with Crippen LogP contribution in [0, 0.1) is 5.82 Å². The highest BCUT2D eigenvalue weighted by Crippen LogP contribution is 2.31. The molecule has 0 radical (unpaired) electrons. The lowest BCUT2D eigenvalue weighted by Gasteiger charge is -2.29. The number of carbonyl (C=O) groups excluding carboxylic acids is 1. The fourth-order valence-electron chi connectivity index (χ4n) is 3.96. The third-order valence-electron chi connectivity index (χ3n) is 5.54. The average molecular weight is 403 g/mol. The number of amides is 1. The van der Waals surface area contributed by atoms with Crippen molar-refractivity contribution < 1.29 is 22.3 Å². The van der Waals surface area contributed by atoms with E-state index in [0.29, 0.717) is 13.0 Å². The van der Waals surface area contributed by atoms with E-state index in [0.717, 1.165) is 11.1 Å². The van der Waals surface area contributed by atoms with Gasteiger partial charge in [-0.15, -0.1) is 0 Å². The SMILES string of the molecule is O=C([C@@H]1Cc2ccccc2CO1)N1CC[C@@H](c2ccccc2F)S(=O)(=O)CC1. The number of carbonyl (C=O) groups is 1. The lowest BCUT2D eigenvalue weighted by Crippen LogP contribution is -2.44. The van der Waals surface area contributed by atoms with Gasteiger partial charge in [0, 0.05) is 25.1 Å². The minimum atomic E-state index is -3.56. The molecule has 2 aromatic carbocycles. The molecule has 0 bridgehead atoms. The van der Waals surface area contributed by atoms with Gasteiger partial charge in [0.25, 0.3) is 5.91 Å². The number of hydrogen-bond donors (Lipinski definition) is 0. The Hall–Kier alpha value is -2.25. The van der Waals surface area contributed by atoms with E-state index in [4.69, 9.17) is 4.74 Å². The monoisotopic (exact) mass is 403 g/mol. The van der Waals surface area contributed by atoms with Crippen molar-refractivity contribution in [1.29, 1.82) is 0 Å². The van der Waals surface area contributed by atoms with Crippen LogP contribution in [0.3, 0.4) is 0 Å². The maximum Gasteiger partial charge on any atom is 0.252 e. The molecule has 1 amide bonds. The normalized spacial score (nSPS) is 24.2. The zero-order valence-electron chi connectivity index (χ0n) is 15.4. The second-order valence-corrected chi connectivity index (χ2v) is 9.57. The fourth-order valence-corrected chi connectivity index (χ4v) is 5.76. The van der Waals surface area contributed by atoms with Gasteiger partial charge in [0.1, 0.15) is 11.9 Å². The summed E-state index contributed by atoms with van der Waals surface area (Å²) in [6.07, 6.45) is 0.0513. The molecular weight excluding hydrogens is 381 g/mol. The molecular formula is C21H22FNO4S. The van der Waals surface area contributed by atoms with E-state index in [9.17, 15) is 17.6 Å². The number of fused-ring (bicyclic) bond motifs is 1. The van der Waals surface area contributed by atoms with Crippen LogP contribution < -0.4 is 0 Å². The minimum Gasteiger partial charge on any atom is -0.363 e. The molecule has 2 atom stereocenters. The van der Waals surface area contributed by atoms with Crippen molar-refractivity contribution in [3.8, 4) is 0 Å². The van der Waals surface area contributed by atoms with E-state index in [2.05, 4.69) is 0 Å². The number of rotatable bonds is 2. The second-order valence-electron chi connectivity index (χ2n) is 7.26. The highest BCUT2D eigenvalue weighted by Gasteiger charge is 2.36. The minimum absolute atomic E-state index is 0.105. The Bertz CT molecular complexity index is 991. The van der Waals surface area contributed by atoms with Crippen LogP contribution >= 0.6 is 0 Å². The molecule has 0 spiro atoms. The van der Waals surface area contributed by atoms with Gasteiger partial charge in [-0.3, -0.25) is 4.79 Å². The Morgan fingerprint density at radius 2 is 1.75 bits per heavy atom. The second kappa shape index (κ2) is 7.64. The Morgan fingerprint density at radius 1 is 1.04 bits per heavy atom. The predicted octanol–water partition coefficient (Wildman–Crippen LogP) is 2.66. The number of halogens is 1. The molecule has 4 rings (SSSR count). The fraction of sp³-hybridized carbons (Fsp3) is 0.381. The number of benzene rings is 2. The predicted molar refractivity (Wildman–Crippen MR) is 103 cm³/mol. The van der Waals surface area contributed by atoms with Crippen molar-refractivity contribution in [1.82, 2.24) is 4.90 Å². The summed E-state index contributed by atoms with van der Waals surface area (Å²) < 4.78 is 45.4. The molecule has 1 fully saturated rings. The van der Waals surface area contributed by atoms with Crippen LogP contribution in [0.25, 0.3) is 0 Å². The Kier molecular flexibility index (Phi) is 5.21. The summed E-state index contributed by atoms with van der Waals surface area (Å²) in [7, 11) is -3.56. The van der Waals surface area contributed by atoms with Gasteiger partial charge in [-0.05, 0) is 23.6 Å². The Morgan fingerprint density at radius 3 is 2.54 bits per heavy atom. The van der Waals surface area contributed by atoms with E-state index >= 15 is 0 Å². The summed E-state index contributed by atoms with van der Waals surface area (Å²) in [4.78, 5) is 14.5. The molecule has 148 valence electrons. The molecule has 1 saturated heterocycles. The third-order valence-corrected chi connectivity index (χ3v) is 7.65. The van der Waals surface area contributed by atoms with Gasteiger partial charge < -0.3 is 9.64 Å². The molecule has 7 heteroatoms. The first-order valence-corrected chi connectivity index (χ1v) is 11.1. The maximum atomic E-state index is 14.2. The molecule has 0 unspecified atom stereocenters. The van der Waals surface area contributed by atoms with Crippen LogP contribution in [0.4, 0.5) is 4.39 Å². The average Bonchev–Trinajstić information content (AvgIpc) is 2.85. The van der Waals surface area contributed by atoms with Crippen LogP contribution in [-0.4, -0.2) is 44.2 Å². The zero-order chi connectivity index (χ0) is 19.7. The third kappa shape index (κ3) is 3.69. The van der Waals surface area contributed by atoms with Gasteiger partial charge in [0.15, 0.2) is 9.84 Å². The van der Waals surface area contributed by atoms with Crippen LogP contribution in [0.1, 0.15) is 28.4 Å². The molecule has 5 nitrogen and oxygen atoms in total. The first kappa shape index (κ1) is 19.1. The quantitative estimate of drug-likeness (QED) is 0.773. The largest absolute Gasteiger partial charge is 0.363 e. The Labute approximate surface area is 164 Å². The number of ether oxygens (including phenoxy) is 1. The highest BCUT2D eigenvalue weighted by atomic mass is 32.2. The van der Waals surface area contributed by atoms with Crippen molar-refractivity contribution in [3.05, 3.63) is 71.0 Å². The first-order valence-electron chi connectivity index (χ1n) is 9.39. The summed E-state index contributed by atoms with van der Waals surface area (Å²) >= 11 is 0. The van der Waals surface area contributed by atoms with Gasteiger partial charge >= 0.3 is 0 Å². The van der Waals surface area contributed by atoms with Crippen LogP contribution in [0.5, 0.6) is 0 Å². The van der Waals surface area contributed by atoms with Crippen molar-refractivity contribution in [2.45, 2.75) is 30.8 Å². The maximum absolute atomic E-state index is 14.2. The van der Waals surface area contributed by atoms with Crippen LogP contribution in [0.15, 0.2) is 48.5 Å². The molecule has 0 saturated carbocycles. The van der Waals surface area contributed by atoms with Crippen molar-refractivity contribution in [2.75, 3.05) is 18.8 Å². The van der Waals surface area contributed by atoms with Gasteiger partial charge in [-0.1, -0.05) is 42.5 Å². The van der Waals surface area contributed by atoms with E-state index < -0.39 is 27.0 Å². The summed E-state index contributed by atoms with van der Waals surface area (Å²) in [5.41, 5.74) is 2.34. The van der Waals surface area contributed by atoms with Gasteiger partial charge in [0.2, 0.25) is 0 Å². The van der Waals surface area contributed by atoms with Crippen molar-refractivity contribution in [2.24, 2.45) is 0 Å². The Balaban J connectivity index is 1.51. The summed E-state index contributed by atoms with van der Waals surface area (Å²) in [6, 6.07) is 13.8. The first-order chi connectivity index (χ1) is 13.5. The summed E-state index contributed by atoms with van der Waals surface area (Å²) in [6.45, 7) is 0.739. The van der Waals surface area contributed by atoms with Gasteiger partial charge in [-0.2, -0.15) is 0 Å². The molecule has 0 aromatic heterocycles. The number of sulfone groups is 1. The summed E-state index contributed by atoms with van der Waals surface area (Å²) in [5.74, 6) is -0.900. The van der Waals surface area contributed by atoms with E-state index in [1.165, 1.54) is 18.2 Å². The van der Waals surface area contributed by atoms with Crippen molar-refractivity contribution in [3.63, 3.8) is 0 Å². The van der Waals surface area contributed by atoms with E-state index in [-0.39, 0.29) is 36.7 Å². The molecule has 2 aliphatic rings. The lowest BCUT2D eigenvalue weighted by atomic mass is 9.98. The molecule has 28 heavy (non-hydrogen) atoms. The molecule has 2 aliphatic heterocycles. The standard InChI is InChI=1S/C21H22FNO4S/c22-18-8-4-3-7-17(18)20-9-10-23(11-12-28(20,25)26)21(24)19-13-15-5-1-2-6-16(15)14-27-19/h1-8,19-20H,9-14H2/t19-,20-/m0/s1. The molecule has 0 N–H and O–H groups in total. The van der Waals surface area contributed by atoms with Crippen molar-refractivity contribution >= 4 is 15.7 Å². The molecule has 0 aliphatic carbocycles. The summed E-state index contributed by atoms with van der Waals surface area (Å²) in [5, 5.41) is -0.931. The molecule has 2 aromatic rings. The topological polar surface area (TPSA) is 63.7 Å². The highest BCUT2D eigenvalue weighted by molar-refractivity contribution is 7.91. The van der Waals surface area contributed by atoms with Gasteiger partial charge in [0.05, 0.1) is 17.6 Å². The van der Waals surface area contributed by atoms with E-state index in [1.54, 1.807) is 11.0 Å². The van der Waals surface area contributed by atoms with E-state index in [1.807, 2.05) is 24.3 Å².